The molecule has 1 aromatic carbocycles. The van der Waals surface area contributed by atoms with Crippen LogP contribution in [0.5, 0.6) is 5.75 Å². The molecule has 0 saturated carbocycles. The maximum absolute atomic E-state index is 13.0. The molecule has 1 fully saturated rings. The smallest absolute Gasteiger partial charge is 0.550 e. The number of carbonyl (C=O) groups excluding carboxylic acids is 1. The first-order valence-electron chi connectivity index (χ1n) is 12.2. The van der Waals surface area contributed by atoms with Gasteiger partial charge in [-0.05, 0) is 38.0 Å². The Morgan fingerprint density at radius 3 is 2.41 bits per heavy atom. The largest absolute Gasteiger partial charge is 1.00 e. The summed E-state index contributed by atoms with van der Waals surface area (Å²) in [4.78, 5) is 27.0. The molecule has 0 amide bonds. The number of fused-ring (bicyclic) bond motifs is 1. The van der Waals surface area contributed by atoms with Crippen molar-refractivity contribution in [2.75, 3.05) is 18.0 Å². The van der Waals surface area contributed by atoms with E-state index in [1.54, 1.807) is 37.5 Å². The van der Waals surface area contributed by atoms with E-state index in [-0.39, 0.29) is 35.3 Å². The number of carboxylic acids is 1. The van der Waals surface area contributed by atoms with Crippen LogP contribution in [-0.2, 0) is 4.79 Å². The van der Waals surface area contributed by atoms with E-state index in [9.17, 15) is 18.7 Å². The molecule has 4 heterocycles. The van der Waals surface area contributed by atoms with Crippen molar-refractivity contribution in [1.29, 1.82) is 0 Å². The van der Waals surface area contributed by atoms with Crippen LogP contribution >= 0.6 is 0 Å². The molecule has 0 bridgehead atoms. The number of imidazole rings is 1. The minimum Gasteiger partial charge on any atom is -0.550 e. The van der Waals surface area contributed by atoms with E-state index >= 15 is 0 Å². The number of hydrogen-bond acceptors (Lipinski definition) is 8. The molecule has 1 saturated heterocycles. The van der Waals surface area contributed by atoms with Gasteiger partial charge < -0.3 is 29.7 Å². The Labute approximate surface area is 246 Å². The average molecular weight is 545 g/mol. The number of halogens is 2. The summed E-state index contributed by atoms with van der Waals surface area (Å²) in [7, 11) is 0. The molecule has 0 radical (unpaired) electrons. The number of alkyl halides is 2. The molecule has 1 atom stereocenters. The van der Waals surface area contributed by atoms with Crippen LogP contribution in [0.3, 0.4) is 0 Å². The first-order valence-corrected chi connectivity index (χ1v) is 12.2. The maximum Gasteiger partial charge on any atom is 1.00 e. The van der Waals surface area contributed by atoms with E-state index in [1.165, 1.54) is 6.07 Å². The SMILES string of the molecule is Cc1nc2ccc(-c3cnc(N4CCC(C)(C(=O)[O-])CC4)nc3)cn2c1C(N)c1ccccc1OC(F)F.[Na+]. The fourth-order valence-electron chi connectivity index (χ4n) is 4.85. The molecular weight excluding hydrogens is 517 g/mol. The first kappa shape index (κ1) is 28.9. The minimum atomic E-state index is -2.97. The number of para-hydroxylation sites is 1. The van der Waals surface area contributed by atoms with E-state index in [2.05, 4.69) is 15.0 Å². The monoisotopic (exact) mass is 544 g/mol. The van der Waals surface area contributed by atoms with Gasteiger partial charge in [-0.25, -0.2) is 15.0 Å². The van der Waals surface area contributed by atoms with Gasteiger partial charge in [0.15, 0.2) is 0 Å². The number of carboxylic acid groups (broad SMARTS) is 1. The Kier molecular flexibility index (Phi) is 8.55. The molecule has 12 heteroatoms. The molecule has 39 heavy (non-hydrogen) atoms. The van der Waals surface area contributed by atoms with Crippen LogP contribution in [0.25, 0.3) is 16.8 Å². The second kappa shape index (κ2) is 11.5. The summed E-state index contributed by atoms with van der Waals surface area (Å²) < 4.78 is 32.5. The number of rotatable bonds is 7. The molecule has 2 N–H and O–H groups in total. The van der Waals surface area contributed by atoms with Crippen LogP contribution in [0.2, 0.25) is 0 Å². The summed E-state index contributed by atoms with van der Waals surface area (Å²) in [5, 5.41) is 11.4. The van der Waals surface area contributed by atoms with Gasteiger partial charge in [0.1, 0.15) is 11.4 Å². The quantitative estimate of drug-likeness (QED) is 0.326. The average Bonchev–Trinajstić information content (AvgIpc) is 3.23. The van der Waals surface area contributed by atoms with Gasteiger partial charge in [-0.1, -0.05) is 25.1 Å². The van der Waals surface area contributed by atoms with Crippen molar-refractivity contribution in [2.45, 2.75) is 39.3 Å². The molecule has 3 aromatic heterocycles. The Morgan fingerprint density at radius 1 is 1.10 bits per heavy atom. The molecule has 0 spiro atoms. The van der Waals surface area contributed by atoms with Crippen molar-refractivity contribution in [1.82, 2.24) is 19.4 Å². The minimum absolute atomic E-state index is 0. The number of ether oxygens (including phenoxy) is 1. The number of hydrogen-bond donors (Lipinski definition) is 1. The fraction of sp³-hybridized carbons (Fsp3) is 0.333. The normalized spacial score (nSPS) is 15.7. The van der Waals surface area contributed by atoms with Gasteiger partial charge in [0.25, 0.3) is 0 Å². The molecule has 1 unspecified atom stereocenters. The van der Waals surface area contributed by atoms with Crippen molar-refractivity contribution in [2.24, 2.45) is 11.1 Å². The number of benzene rings is 1. The van der Waals surface area contributed by atoms with Crippen LogP contribution in [0.4, 0.5) is 14.7 Å². The summed E-state index contributed by atoms with van der Waals surface area (Å²) in [6.07, 6.45) is 6.22. The predicted molar refractivity (Wildman–Crippen MR) is 135 cm³/mol. The topological polar surface area (TPSA) is 122 Å². The van der Waals surface area contributed by atoms with Gasteiger partial charge in [0.05, 0.1) is 17.4 Å². The molecule has 4 aromatic rings. The Bertz CT molecular complexity index is 1470. The van der Waals surface area contributed by atoms with Gasteiger partial charge in [-0.15, -0.1) is 0 Å². The number of aliphatic carboxylic acids is 1. The summed E-state index contributed by atoms with van der Waals surface area (Å²) >= 11 is 0. The summed E-state index contributed by atoms with van der Waals surface area (Å²) in [5.74, 6) is -0.475. The molecule has 1 aliphatic heterocycles. The summed E-state index contributed by atoms with van der Waals surface area (Å²) in [6.45, 7) is 1.62. The van der Waals surface area contributed by atoms with Crippen LogP contribution in [0, 0.1) is 12.3 Å². The number of carbonyl (C=O) groups is 1. The second-order valence-electron chi connectivity index (χ2n) is 9.73. The zero-order valence-corrected chi connectivity index (χ0v) is 24.0. The molecule has 0 aliphatic carbocycles. The number of aromatic nitrogens is 4. The summed E-state index contributed by atoms with van der Waals surface area (Å²) in [6, 6.07) is 9.44. The zero-order chi connectivity index (χ0) is 27.0. The Morgan fingerprint density at radius 2 is 1.77 bits per heavy atom. The predicted octanol–water partition coefficient (Wildman–Crippen LogP) is 0.110. The number of anilines is 1. The van der Waals surface area contributed by atoms with E-state index < -0.39 is 24.0 Å². The van der Waals surface area contributed by atoms with Crippen LogP contribution < -0.4 is 50.0 Å². The van der Waals surface area contributed by atoms with Gasteiger partial charge in [0.2, 0.25) is 5.95 Å². The van der Waals surface area contributed by atoms with Crippen molar-refractivity contribution < 1.29 is 53.0 Å². The van der Waals surface area contributed by atoms with Crippen molar-refractivity contribution in [3.8, 4) is 16.9 Å². The molecule has 198 valence electrons. The van der Waals surface area contributed by atoms with Crippen molar-refractivity contribution in [3.63, 3.8) is 0 Å². The zero-order valence-electron chi connectivity index (χ0n) is 22.0. The number of nitrogens with two attached hydrogens (primary N) is 1. The van der Waals surface area contributed by atoms with E-state index in [1.807, 2.05) is 34.6 Å². The number of piperidine rings is 1. The third-order valence-electron chi connectivity index (χ3n) is 7.22. The molecular formula is C27H27F2N6NaO3. The van der Waals surface area contributed by atoms with Crippen LogP contribution in [0.1, 0.15) is 42.8 Å². The Balaban J connectivity index is 0.00000353. The van der Waals surface area contributed by atoms with E-state index in [0.29, 0.717) is 54.5 Å². The Hall–Kier alpha value is -3.12. The maximum atomic E-state index is 13.0. The van der Waals surface area contributed by atoms with Gasteiger partial charge in [0, 0.05) is 59.8 Å². The number of pyridine rings is 1. The molecule has 9 nitrogen and oxygen atoms in total. The van der Waals surface area contributed by atoms with Gasteiger partial charge >= 0.3 is 36.2 Å². The molecule has 5 rings (SSSR count). The van der Waals surface area contributed by atoms with E-state index in [0.717, 1.165) is 11.1 Å². The summed E-state index contributed by atoms with van der Waals surface area (Å²) in [5.41, 5.74) is 9.72. The second-order valence-corrected chi connectivity index (χ2v) is 9.73. The van der Waals surface area contributed by atoms with E-state index in [4.69, 9.17) is 10.5 Å². The number of nitrogens with zero attached hydrogens (tertiary/aromatic N) is 5. The van der Waals surface area contributed by atoms with Crippen molar-refractivity contribution >= 4 is 17.6 Å². The van der Waals surface area contributed by atoms with Gasteiger partial charge in [-0.2, -0.15) is 8.78 Å². The third kappa shape index (κ3) is 5.76. The molecule has 1 aliphatic rings. The standard InChI is InChI=1S/C27H28F2N6O3.Na/c1-16-23(22(30)19-5-3-4-6-20(19)38-25(28)29)35-15-17(7-8-21(35)33-16)18-13-31-26(32-14-18)34-11-9-27(2,10-12-34)24(36)37;/h3-8,13-15,22,25H,9-12,30H2,1-2H3,(H,36,37);/q;+1/p-1. The van der Waals surface area contributed by atoms with Crippen LogP contribution in [0.15, 0.2) is 55.0 Å². The number of aryl methyl sites for hydroxylation is 1. The van der Waals surface area contributed by atoms with Gasteiger partial charge in [-0.3, -0.25) is 0 Å². The van der Waals surface area contributed by atoms with Crippen molar-refractivity contribution in [3.05, 3.63) is 71.9 Å². The van der Waals surface area contributed by atoms with Crippen LogP contribution in [-0.4, -0.2) is 45.0 Å². The first-order chi connectivity index (χ1) is 18.2. The third-order valence-corrected chi connectivity index (χ3v) is 7.22. The fourth-order valence-corrected chi connectivity index (χ4v) is 4.85.